The second-order valence-electron chi connectivity index (χ2n) is 12.6. The van der Waals surface area contributed by atoms with Gasteiger partial charge in [-0.2, -0.15) is 0 Å². The molecular weight excluding hydrogens is 488 g/mol. The fraction of sp³-hybridized carbons (Fsp3) is 0.714. The third-order valence-electron chi connectivity index (χ3n) is 10.8. The minimum absolute atomic E-state index is 0.0683. The van der Waals surface area contributed by atoms with E-state index in [0.29, 0.717) is 19.0 Å². The van der Waals surface area contributed by atoms with E-state index in [-0.39, 0.29) is 41.4 Å². The van der Waals surface area contributed by atoms with E-state index in [2.05, 4.69) is 43.4 Å². The first-order valence-electron chi connectivity index (χ1n) is 13.8. The van der Waals surface area contributed by atoms with Crippen molar-refractivity contribution in [3.63, 3.8) is 0 Å². The van der Waals surface area contributed by atoms with Crippen LogP contribution in [-0.2, 0) is 31.4 Å². The van der Waals surface area contributed by atoms with E-state index in [1.54, 1.807) is 4.31 Å². The summed E-state index contributed by atoms with van der Waals surface area (Å²) in [6.45, 7) is 5.46. The SMILES string of the molecule is CC1(C)[C@@H]2CC[C@@]1(CS(=O)(=O)N1CCC3(CCc4ccccc43)CC1)[C@@H](NC(=O)CC[C@H](N)C(N)=O)C2. The highest BCUT2D eigenvalue weighted by molar-refractivity contribution is 7.89. The first kappa shape index (κ1) is 26.6. The lowest BCUT2D eigenvalue weighted by molar-refractivity contribution is -0.123. The topological polar surface area (TPSA) is 136 Å². The van der Waals surface area contributed by atoms with Gasteiger partial charge in [0.1, 0.15) is 0 Å². The maximum absolute atomic E-state index is 13.9. The molecule has 1 aromatic carbocycles. The van der Waals surface area contributed by atoms with Crippen molar-refractivity contribution in [2.24, 2.45) is 28.2 Å². The number of carbonyl (C=O) groups is 2. The van der Waals surface area contributed by atoms with Crippen molar-refractivity contribution in [1.29, 1.82) is 0 Å². The van der Waals surface area contributed by atoms with Crippen molar-refractivity contribution in [2.75, 3.05) is 18.8 Å². The summed E-state index contributed by atoms with van der Waals surface area (Å²) < 4.78 is 29.6. The van der Waals surface area contributed by atoms with Gasteiger partial charge in [0, 0.05) is 31.0 Å². The highest BCUT2D eigenvalue weighted by Crippen LogP contribution is 2.66. The molecule has 1 spiro atoms. The number of primary amides is 1. The van der Waals surface area contributed by atoms with E-state index in [1.165, 1.54) is 11.1 Å². The molecule has 2 amide bonds. The molecule has 3 fully saturated rings. The molecule has 8 nitrogen and oxygen atoms in total. The molecule has 4 aliphatic rings. The van der Waals surface area contributed by atoms with Gasteiger partial charge in [-0.15, -0.1) is 0 Å². The largest absolute Gasteiger partial charge is 0.368 e. The molecule has 5 N–H and O–H groups in total. The first-order chi connectivity index (χ1) is 17.4. The molecule has 9 heteroatoms. The average molecular weight is 531 g/mol. The summed E-state index contributed by atoms with van der Waals surface area (Å²) in [6, 6.07) is 7.58. The molecule has 1 saturated heterocycles. The van der Waals surface area contributed by atoms with Crippen LogP contribution in [0.1, 0.15) is 76.3 Å². The van der Waals surface area contributed by atoms with E-state index in [9.17, 15) is 18.0 Å². The molecule has 37 heavy (non-hydrogen) atoms. The Morgan fingerprint density at radius 2 is 1.84 bits per heavy atom. The zero-order valence-corrected chi connectivity index (χ0v) is 23.0. The van der Waals surface area contributed by atoms with E-state index >= 15 is 0 Å². The number of nitrogens with one attached hydrogen (secondary N) is 1. The lowest BCUT2D eigenvalue weighted by atomic mass is 9.69. The minimum Gasteiger partial charge on any atom is -0.368 e. The van der Waals surface area contributed by atoms with Gasteiger partial charge < -0.3 is 16.8 Å². The number of carbonyl (C=O) groups excluding carboxylic acids is 2. The highest BCUT2D eigenvalue weighted by Gasteiger charge is 2.66. The molecule has 2 saturated carbocycles. The van der Waals surface area contributed by atoms with Gasteiger partial charge >= 0.3 is 0 Å². The molecule has 204 valence electrons. The number of hydrogen-bond donors (Lipinski definition) is 3. The Kier molecular flexibility index (Phi) is 6.73. The van der Waals surface area contributed by atoms with Gasteiger partial charge in [-0.25, -0.2) is 12.7 Å². The quantitative estimate of drug-likeness (QED) is 0.473. The van der Waals surface area contributed by atoms with Gasteiger partial charge in [0.2, 0.25) is 21.8 Å². The van der Waals surface area contributed by atoms with E-state index < -0.39 is 27.4 Å². The van der Waals surface area contributed by atoms with Crippen LogP contribution in [0.25, 0.3) is 0 Å². The van der Waals surface area contributed by atoms with Crippen LogP contribution in [0.4, 0.5) is 0 Å². The number of sulfonamides is 1. The smallest absolute Gasteiger partial charge is 0.234 e. The molecule has 1 heterocycles. The van der Waals surface area contributed by atoms with Crippen LogP contribution < -0.4 is 16.8 Å². The van der Waals surface area contributed by atoms with Gasteiger partial charge in [0.25, 0.3) is 0 Å². The molecule has 0 aromatic heterocycles. The van der Waals surface area contributed by atoms with E-state index in [4.69, 9.17) is 11.5 Å². The number of aryl methyl sites for hydroxylation is 1. The molecule has 4 atom stereocenters. The zero-order valence-electron chi connectivity index (χ0n) is 22.2. The predicted octanol–water partition coefficient (Wildman–Crippen LogP) is 2.20. The van der Waals surface area contributed by atoms with Gasteiger partial charge in [-0.3, -0.25) is 9.59 Å². The molecule has 1 aliphatic heterocycles. The van der Waals surface area contributed by atoms with Crippen LogP contribution in [0.3, 0.4) is 0 Å². The van der Waals surface area contributed by atoms with Crippen LogP contribution in [0.15, 0.2) is 24.3 Å². The molecule has 3 aliphatic carbocycles. The van der Waals surface area contributed by atoms with Crippen molar-refractivity contribution in [2.45, 2.75) is 89.1 Å². The Balaban J connectivity index is 1.29. The maximum Gasteiger partial charge on any atom is 0.234 e. The average Bonchev–Trinajstić information content (AvgIpc) is 3.39. The van der Waals surface area contributed by atoms with Crippen molar-refractivity contribution < 1.29 is 18.0 Å². The summed E-state index contributed by atoms with van der Waals surface area (Å²) in [5, 5.41) is 3.15. The zero-order chi connectivity index (χ0) is 26.6. The third kappa shape index (κ3) is 4.40. The summed E-state index contributed by atoms with van der Waals surface area (Å²) in [4.78, 5) is 24.0. The second-order valence-corrected chi connectivity index (χ2v) is 14.6. The molecule has 1 aromatic rings. The Morgan fingerprint density at radius 3 is 2.51 bits per heavy atom. The third-order valence-corrected chi connectivity index (χ3v) is 12.8. The fourth-order valence-corrected chi connectivity index (χ4v) is 10.5. The van der Waals surface area contributed by atoms with Crippen molar-refractivity contribution in [3.8, 4) is 0 Å². The number of nitrogens with zero attached hydrogens (tertiary/aromatic N) is 1. The fourth-order valence-electron chi connectivity index (χ4n) is 8.21. The molecule has 0 unspecified atom stereocenters. The van der Waals surface area contributed by atoms with Crippen LogP contribution in [0, 0.1) is 16.7 Å². The standard InChI is InChI=1S/C28H42N4O4S/c1-26(2)20-10-12-28(26,23(17-20)31-24(33)8-7-22(29)25(30)34)18-37(35,36)32-15-13-27(14-16-32)11-9-19-5-3-4-6-21(19)27/h3-6,20,22-23H,7-18,29H2,1-2H3,(H2,30,34)(H,31,33)/t20-,22+,23+,28-/m1/s1. The first-order valence-corrected chi connectivity index (χ1v) is 15.4. The Morgan fingerprint density at radius 1 is 1.14 bits per heavy atom. The lowest BCUT2D eigenvalue weighted by Gasteiger charge is -2.45. The van der Waals surface area contributed by atoms with Gasteiger partial charge in [-0.1, -0.05) is 38.1 Å². The van der Waals surface area contributed by atoms with Crippen LogP contribution in [0.2, 0.25) is 0 Å². The van der Waals surface area contributed by atoms with E-state index in [0.717, 1.165) is 44.9 Å². The highest BCUT2D eigenvalue weighted by atomic mass is 32.2. The van der Waals surface area contributed by atoms with E-state index in [1.807, 2.05) is 0 Å². The van der Waals surface area contributed by atoms with Crippen LogP contribution in [-0.4, -0.2) is 55.5 Å². The lowest BCUT2D eigenvalue weighted by Crippen LogP contribution is -2.55. The molecule has 2 bridgehead atoms. The minimum atomic E-state index is -3.51. The summed E-state index contributed by atoms with van der Waals surface area (Å²) in [6.07, 6.45) is 6.76. The van der Waals surface area contributed by atoms with Gasteiger partial charge in [0.15, 0.2) is 0 Å². The monoisotopic (exact) mass is 530 g/mol. The Hall–Kier alpha value is -1.97. The molecule has 5 rings (SSSR count). The number of nitrogens with two attached hydrogens (primary N) is 2. The van der Waals surface area contributed by atoms with Gasteiger partial charge in [-0.05, 0) is 79.2 Å². The maximum atomic E-state index is 13.9. The summed E-state index contributed by atoms with van der Waals surface area (Å²) >= 11 is 0. The van der Waals surface area contributed by atoms with Crippen LogP contribution in [0.5, 0.6) is 0 Å². The van der Waals surface area contributed by atoms with Crippen LogP contribution >= 0.6 is 0 Å². The molecular formula is C28H42N4O4S. The number of piperidine rings is 1. The molecule has 0 radical (unpaired) electrons. The number of benzene rings is 1. The number of rotatable bonds is 8. The van der Waals surface area contributed by atoms with Crippen molar-refractivity contribution >= 4 is 21.8 Å². The summed E-state index contributed by atoms with van der Waals surface area (Å²) in [7, 11) is -3.51. The van der Waals surface area contributed by atoms with Gasteiger partial charge in [0.05, 0.1) is 11.8 Å². The second kappa shape index (κ2) is 9.35. The summed E-state index contributed by atoms with van der Waals surface area (Å²) in [5.41, 5.74) is 13.2. The van der Waals surface area contributed by atoms with Crippen molar-refractivity contribution in [1.82, 2.24) is 9.62 Å². The number of amides is 2. The predicted molar refractivity (Wildman–Crippen MR) is 143 cm³/mol. The Bertz CT molecular complexity index is 1170. The normalized spacial score (nSPS) is 30.8. The number of hydrogen-bond acceptors (Lipinski definition) is 5. The Labute approximate surface area is 221 Å². The number of fused-ring (bicyclic) bond motifs is 4. The summed E-state index contributed by atoms with van der Waals surface area (Å²) in [5.74, 6) is -0.373. The van der Waals surface area contributed by atoms with Crippen molar-refractivity contribution in [3.05, 3.63) is 35.4 Å².